The van der Waals surface area contributed by atoms with Gasteiger partial charge in [-0.3, -0.25) is 9.69 Å². The van der Waals surface area contributed by atoms with Crippen LogP contribution in [0.2, 0.25) is 0 Å². The normalized spacial score (nSPS) is 15.9. The SMILES string of the molecule is COc1ccccc1OCCNC(=O)CN(C)[C@@H]1CCCc2ccccc21. The van der Waals surface area contributed by atoms with E-state index >= 15 is 0 Å². The second-order valence-corrected chi connectivity index (χ2v) is 6.87. The standard InChI is InChI=1S/C22H28N2O3/c1-24(19-11-7-9-17-8-3-4-10-18(17)19)16-22(25)23-14-15-27-21-13-6-5-12-20(21)26-2/h3-6,8,10,12-13,19H,7,9,11,14-16H2,1-2H3,(H,23,25)/t19-/m1/s1. The van der Waals surface area contributed by atoms with Gasteiger partial charge in [-0.05, 0) is 49.6 Å². The van der Waals surface area contributed by atoms with Crippen molar-refractivity contribution in [3.05, 3.63) is 59.7 Å². The van der Waals surface area contributed by atoms with Crippen LogP contribution in [-0.2, 0) is 11.2 Å². The highest BCUT2D eigenvalue weighted by Gasteiger charge is 2.24. The van der Waals surface area contributed by atoms with Crippen LogP contribution in [-0.4, -0.2) is 44.7 Å². The number of methoxy groups -OCH3 is 1. The second-order valence-electron chi connectivity index (χ2n) is 6.87. The molecular formula is C22H28N2O3. The first-order valence-electron chi connectivity index (χ1n) is 9.49. The molecule has 1 aliphatic carbocycles. The van der Waals surface area contributed by atoms with Crippen molar-refractivity contribution < 1.29 is 14.3 Å². The van der Waals surface area contributed by atoms with Crippen molar-refractivity contribution in [1.29, 1.82) is 0 Å². The molecule has 0 unspecified atom stereocenters. The fraction of sp³-hybridized carbons (Fsp3) is 0.409. The minimum Gasteiger partial charge on any atom is -0.493 e. The maximum absolute atomic E-state index is 12.3. The van der Waals surface area contributed by atoms with E-state index in [1.807, 2.05) is 31.3 Å². The molecule has 0 aliphatic heterocycles. The summed E-state index contributed by atoms with van der Waals surface area (Å²) in [5.41, 5.74) is 2.77. The zero-order valence-corrected chi connectivity index (χ0v) is 16.1. The van der Waals surface area contributed by atoms with E-state index < -0.39 is 0 Å². The molecule has 0 saturated heterocycles. The van der Waals surface area contributed by atoms with Gasteiger partial charge in [0.05, 0.1) is 20.2 Å². The molecule has 5 nitrogen and oxygen atoms in total. The monoisotopic (exact) mass is 368 g/mol. The minimum absolute atomic E-state index is 0.0178. The van der Waals surface area contributed by atoms with E-state index in [9.17, 15) is 4.79 Å². The molecule has 1 N–H and O–H groups in total. The van der Waals surface area contributed by atoms with Gasteiger partial charge in [0, 0.05) is 6.04 Å². The van der Waals surface area contributed by atoms with Gasteiger partial charge in [-0.15, -0.1) is 0 Å². The van der Waals surface area contributed by atoms with Crippen molar-refractivity contribution in [1.82, 2.24) is 10.2 Å². The lowest BCUT2D eigenvalue weighted by atomic mass is 9.87. The molecule has 0 spiro atoms. The van der Waals surface area contributed by atoms with Crippen LogP contribution in [0.3, 0.4) is 0 Å². The predicted molar refractivity (Wildman–Crippen MR) is 106 cm³/mol. The number of likely N-dealkylation sites (N-methyl/N-ethyl adjacent to an activating group) is 1. The van der Waals surface area contributed by atoms with Gasteiger partial charge in [0.2, 0.25) is 5.91 Å². The van der Waals surface area contributed by atoms with E-state index in [2.05, 4.69) is 34.5 Å². The molecule has 1 atom stereocenters. The van der Waals surface area contributed by atoms with Crippen LogP contribution in [0.15, 0.2) is 48.5 Å². The number of carbonyl (C=O) groups excluding carboxylic acids is 1. The highest BCUT2D eigenvalue weighted by atomic mass is 16.5. The molecule has 0 bridgehead atoms. The Balaban J connectivity index is 1.44. The first-order chi connectivity index (χ1) is 13.2. The number of ether oxygens (including phenoxy) is 2. The second kappa shape index (κ2) is 9.42. The molecule has 0 fully saturated rings. The lowest BCUT2D eigenvalue weighted by Gasteiger charge is -2.32. The topological polar surface area (TPSA) is 50.8 Å². The van der Waals surface area contributed by atoms with Gasteiger partial charge in [-0.1, -0.05) is 36.4 Å². The van der Waals surface area contributed by atoms with Crippen LogP contribution in [0.25, 0.3) is 0 Å². The number of fused-ring (bicyclic) bond motifs is 1. The number of nitrogens with zero attached hydrogens (tertiary/aromatic N) is 1. The van der Waals surface area contributed by atoms with Crippen LogP contribution < -0.4 is 14.8 Å². The first-order valence-corrected chi connectivity index (χ1v) is 9.49. The lowest BCUT2D eigenvalue weighted by Crippen LogP contribution is -2.39. The zero-order valence-electron chi connectivity index (χ0n) is 16.1. The van der Waals surface area contributed by atoms with Crippen LogP contribution in [0.1, 0.15) is 30.0 Å². The summed E-state index contributed by atoms with van der Waals surface area (Å²) in [4.78, 5) is 14.5. The Bertz CT molecular complexity index is 763. The van der Waals surface area contributed by atoms with Gasteiger partial charge in [-0.2, -0.15) is 0 Å². The Morgan fingerprint density at radius 2 is 1.89 bits per heavy atom. The third-order valence-electron chi connectivity index (χ3n) is 5.01. The van der Waals surface area contributed by atoms with E-state index in [-0.39, 0.29) is 5.91 Å². The minimum atomic E-state index is 0.0178. The molecule has 0 radical (unpaired) electrons. The van der Waals surface area contributed by atoms with Gasteiger partial charge >= 0.3 is 0 Å². The largest absolute Gasteiger partial charge is 0.493 e. The van der Waals surface area contributed by atoms with Gasteiger partial charge in [0.15, 0.2) is 11.5 Å². The summed E-state index contributed by atoms with van der Waals surface area (Å²) in [5.74, 6) is 1.40. The summed E-state index contributed by atoms with van der Waals surface area (Å²) in [6.07, 6.45) is 3.39. The average molecular weight is 368 g/mol. The number of nitrogens with one attached hydrogen (secondary N) is 1. The predicted octanol–water partition coefficient (Wildman–Crippen LogP) is 3.20. The van der Waals surface area contributed by atoms with Gasteiger partial charge < -0.3 is 14.8 Å². The molecule has 1 amide bonds. The van der Waals surface area contributed by atoms with Crippen molar-refractivity contribution in [3.8, 4) is 11.5 Å². The van der Waals surface area contributed by atoms with Crippen LogP contribution in [0.4, 0.5) is 0 Å². The number of benzene rings is 2. The van der Waals surface area contributed by atoms with Gasteiger partial charge in [0.25, 0.3) is 0 Å². The molecule has 27 heavy (non-hydrogen) atoms. The smallest absolute Gasteiger partial charge is 0.234 e. The number of para-hydroxylation sites is 2. The zero-order chi connectivity index (χ0) is 19.1. The van der Waals surface area contributed by atoms with Crippen LogP contribution in [0, 0.1) is 0 Å². The fourth-order valence-corrected chi connectivity index (χ4v) is 3.67. The Kier molecular flexibility index (Phi) is 6.71. The fourth-order valence-electron chi connectivity index (χ4n) is 3.67. The molecule has 2 aromatic rings. The van der Waals surface area contributed by atoms with Gasteiger partial charge in [-0.25, -0.2) is 0 Å². The summed E-state index contributed by atoms with van der Waals surface area (Å²) in [7, 11) is 3.64. The Morgan fingerprint density at radius 1 is 1.15 bits per heavy atom. The lowest BCUT2D eigenvalue weighted by molar-refractivity contribution is -0.122. The number of hydrogen-bond donors (Lipinski definition) is 1. The summed E-state index contributed by atoms with van der Waals surface area (Å²) >= 11 is 0. The van der Waals surface area contributed by atoms with Crippen molar-refractivity contribution in [2.75, 3.05) is 33.9 Å². The third kappa shape index (κ3) is 5.01. The van der Waals surface area contributed by atoms with E-state index in [0.29, 0.717) is 37.2 Å². The Morgan fingerprint density at radius 3 is 2.70 bits per heavy atom. The molecule has 1 aliphatic rings. The highest BCUT2D eigenvalue weighted by Crippen LogP contribution is 2.33. The average Bonchev–Trinajstić information content (AvgIpc) is 2.71. The van der Waals surface area contributed by atoms with Crippen molar-refractivity contribution in [2.24, 2.45) is 0 Å². The van der Waals surface area contributed by atoms with Crippen molar-refractivity contribution in [3.63, 3.8) is 0 Å². The molecule has 2 aromatic carbocycles. The maximum Gasteiger partial charge on any atom is 0.234 e. The van der Waals surface area contributed by atoms with Gasteiger partial charge in [0.1, 0.15) is 6.61 Å². The van der Waals surface area contributed by atoms with E-state index in [4.69, 9.17) is 9.47 Å². The maximum atomic E-state index is 12.3. The third-order valence-corrected chi connectivity index (χ3v) is 5.01. The van der Waals surface area contributed by atoms with Crippen LogP contribution >= 0.6 is 0 Å². The van der Waals surface area contributed by atoms with Crippen molar-refractivity contribution in [2.45, 2.75) is 25.3 Å². The Hall–Kier alpha value is -2.53. The van der Waals surface area contributed by atoms with E-state index in [0.717, 1.165) is 12.8 Å². The van der Waals surface area contributed by atoms with Crippen molar-refractivity contribution >= 4 is 5.91 Å². The summed E-state index contributed by atoms with van der Waals surface area (Å²) < 4.78 is 10.9. The number of amides is 1. The summed E-state index contributed by atoms with van der Waals surface area (Å²) in [6.45, 7) is 1.25. The first kappa shape index (κ1) is 19.2. The van der Waals surface area contributed by atoms with Crippen LogP contribution in [0.5, 0.6) is 11.5 Å². The number of carbonyl (C=O) groups is 1. The molecule has 5 heteroatoms. The number of hydrogen-bond acceptors (Lipinski definition) is 4. The molecule has 3 rings (SSSR count). The molecular weight excluding hydrogens is 340 g/mol. The molecule has 0 heterocycles. The summed E-state index contributed by atoms with van der Waals surface area (Å²) in [5, 5.41) is 2.94. The van der Waals surface area contributed by atoms with E-state index in [1.54, 1.807) is 7.11 Å². The molecule has 0 aromatic heterocycles. The van der Waals surface area contributed by atoms with E-state index in [1.165, 1.54) is 17.5 Å². The highest BCUT2D eigenvalue weighted by molar-refractivity contribution is 5.78. The quantitative estimate of drug-likeness (QED) is 0.727. The number of rotatable bonds is 8. The molecule has 144 valence electrons. The summed E-state index contributed by atoms with van der Waals surface area (Å²) in [6, 6.07) is 16.4. The Labute approximate surface area is 161 Å². The number of aryl methyl sites for hydroxylation is 1. The molecule has 0 saturated carbocycles.